The molecule has 0 saturated heterocycles. The van der Waals surface area contributed by atoms with Gasteiger partial charge in [0.15, 0.2) is 0 Å². The molecule has 1 unspecified atom stereocenters. The van der Waals surface area contributed by atoms with Gasteiger partial charge in [-0.1, -0.05) is 40.2 Å². The van der Waals surface area contributed by atoms with Crippen LogP contribution in [-0.4, -0.2) is 13.7 Å². The Kier molecular flexibility index (Phi) is 5.59. The van der Waals surface area contributed by atoms with Gasteiger partial charge in [-0.2, -0.15) is 0 Å². The van der Waals surface area contributed by atoms with Gasteiger partial charge in [0.1, 0.15) is 5.75 Å². The van der Waals surface area contributed by atoms with Crippen LogP contribution >= 0.6 is 15.9 Å². The van der Waals surface area contributed by atoms with Crippen molar-refractivity contribution in [3.63, 3.8) is 0 Å². The first-order valence-electron chi connectivity index (χ1n) is 6.43. The van der Waals surface area contributed by atoms with Crippen LogP contribution in [0.2, 0.25) is 0 Å². The molecule has 0 aliphatic heterocycles. The Hall–Kier alpha value is -1.36. The fourth-order valence-electron chi connectivity index (χ4n) is 1.93. The van der Waals surface area contributed by atoms with Crippen molar-refractivity contribution in [2.45, 2.75) is 12.7 Å². The Morgan fingerprint density at radius 2 is 1.90 bits per heavy atom. The fraction of sp³-hybridized carbons (Fsp3) is 0.250. The van der Waals surface area contributed by atoms with E-state index < -0.39 is 0 Å². The SMILES string of the molecule is COc1ccc(COC(CN)c2cccc(Br)c2)cc1. The highest BCUT2D eigenvalue weighted by molar-refractivity contribution is 9.10. The molecular weight excluding hydrogens is 318 g/mol. The zero-order valence-corrected chi connectivity index (χ0v) is 13.0. The monoisotopic (exact) mass is 335 g/mol. The summed E-state index contributed by atoms with van der Waals surface area (Å²) < 4.78 is 12.1. The molecule has 0 fully saturated rings. The minimum absolute atomic E-state index is 0.102. The molecule has 2 aromatic rings. The number of halogens is 1. The first kappa shape index (κ1) is 15.0. The molecule has 2 aromatic carbocycles. The molecule has 0 aromatic heterocycles. The summed E-state index contributed by atoms with van der Waals surface area (Å²) in [6, 6.07) is 15.9. The van der Waals surface area contributed by atoms with Crippen LogP contribution in [0.3, 0.4) is 0 Å². The molecule has 106 valence electrons. The van der Waals surface area contributed by atoms with Crippen molar-refractivity contribution in [2.24, 2.45) is 5.73 Å². The predicted molar refractivity (Wildman–Crippen MR) is 83.7 cm³/mol. The van der Waals surface area contributed by atoms with Gasteiger partial charge in [-0.05, 0) is 35.4 Å². The maximum absolute atomic E-state index is 5.91. The summed E-state index contributed by atoms with van der Waals surface area (Å²) >= 11 is 3.46. The Morgan fingerprint density at radius 3 is 2.50 bits per heavy atom. The number of hydrogen-bond donors (Lipinski definition) is 1. The summed E-state index contributed by atoms with van der Waals surface area (Å²) in [6.07, 6.45) is -0.102. The summed E-state index contributed by atoms with van der Waals surface area (Å²) in [6.45, 7) is 0.977. The number of benzene rings is 2. The third-order valence-corrected chi connectivity index (χ3v) is 3.54. The van der Waals surface area contributed by atoms with Crippen molar-refractivity contribution in [1.82, 2.24) is 0 Å². The van der Waals surface area contributed by atoms with Gasteiger partial charge < -0.3 is 15.2 Å². The fourth-order valence-corrected chi connectivity index (χ4v) is 2.34. The van der Waals surface area contributed by atoms with Gasteiger partial charge in [-0.15, -0.1) is 0 Å². The number of methoxy groups -OCH3 is 1. The molecule has 0 aliphatic carbocycles. The molecule has 0 heterocycles. The summed E-state index contributed by atoms with van der Waals surface area (Å²) in [5, 5.41) is 0. The molecule has 2 N–H and O–H groups in total. The lowest BCUT2D eigenvalue weighted by Crippen LogP contribution is -2.15. The van der Waals surface area contributed by atoms with Gasteiger partial charge in [0.25, 0.3) is 0 Å². The van der Waals surface area contributed by atoms with Crippen LogP contribution in [0.5, 0.6) is 5.75 Å². The van der Waals surface area contributed by atoms with Crippen LogP contribution in [0.25, 0.3) is 0 Å². The van der Waals surface area contributed by atoms with E-state index in [0.717, 1.165) is 21.3 Å². The normalized spacial score (nSPS) is 12.2. The van der Waals surface area contributed by atoms with E-state index in [-0.39, 0.29) is 6.10 Å². The maximum Gasteiger partial charge on any atom is 0.118 e. The molecule has 0 saturated carbocycles. The molecular formula is C16H18BrNO2. The van der Waals surface area contributed by atoms with Crippen LogP contribution in [0.1, 0.15) is 17.2 Å². The number of rotatable bonds is 6. The van der Waals surface area contributed by atoms with E-state index in [1.807, 2.05) is 48.5 Å². The summed E-state index contributed by atoms with van der Waals surface area (Å²) in [5.74, 6) is 0.844. The highest BCUT2D eigenvalue weighted by Gasteiger charge is 2.10. The van der Waals surface area contributed by atoms with Crippen LogP contribution < -0.4 is 10.5 Å². The van der Waals surface area contributed by atoms with Crippen LogP contribution in [0, 0.1) is 0 Å². The molecule has 0 aliphatic rings. The lowest BCUT2D eigenvalue weighted by Gasteiger charge is -2.17. The van der Waals surface area contributed by atoms with Gasteiger partial charge in [0.2, 0.25) is 0 Å². The minimum Gasteiger partial charge on any atom is -0.497 e. The highest BCUT2D eigenvalue weighted by atomic mass is 79.9. The summed E-state index contributed by atoms with van der Waals surface area (Å²) in [7, 11) is 1.66. The van der Waals surface area contributed by atoms with E-state index in [2.05, 4.69) is 15.9 Å². The van der Waals surface area contributed by atoms with Crippen molar-refractivity contribution >= 4 is 15.9 Å². The summed E-state index contributed by atoms with van der Waals surface area (Å²) in [4.78, 5) is 0. The second kappa shape index (κ2) is 7.43. The van der Waals surface area contributed by atoms with Crippen molar-refractivity contribution in [1.29, 1.82) is 0 Å². The van der Waals surface area contributed by atoms with E-state index >= 15 is 0 Å². The van der Waals surface area contributed by atoms with Crippen LogP contribution in [-0.2, 0) is 11.3 Å². The van der Waals surface area contributed by atoms with Crippen molar-refractivity contribution < 1.29 is 9.47 Å². The van der Waals surface area contributed by atoms with E-state index in [1.165, 1.54) is 0 Å². The van der Waals surface area contributed by atoms with Gasteiger partial charge in [-0.25, -0.2) is 0 Å². The zero-order valence-electron chi connectivity index (χ0n) is 11.4. The lowest BCUT2D eigenvalue weighted by atomic mass is 10.1. The van der Waals surface area contributed by atoms with E-state index in [9.17, 15) is 0 Å². The van der Waals surface area contributed by atoms with E-state index in [1.54, 1.807) is 7.11 Å². The Morgan fingerprint density at radius 1 is 1.15 bits per heavy atom. The average molecular weight is 336 g/mol. The van der Waals surface area contributed by atoms with Crippen molar-refractivity contribution in [2.75, 3.05) is 13.7 Å². The van der Waals surface area contributed by atoms with Gasteiger partial charge >= 0.3 is 0 Å². The number of hydrogen-bond acceptors (Lipinski definition) is 3. The Balaban J connectivity index is 1.99. The second-order valence-electron chi connectivity index (χ2n) is 4.44. The standard InChI is InChI=1S/C16H18BrNO2/c1-19-15-7-5-12(6-8-15)11-20-16(10-18)13-3-2-4-14(17)9-13/h2-9,16H,10-11,18H2,1H3. The zero-order chi connectivity index (χ0) is 14.4. The second-order valence-corrected chi connectivity index (χ2v) is 5.35. The number of nitrogens with two attached hydrogens (primary N) is 1. The van der Waals surface area contributed by atoms with Crippen molar-refractivity contribution in [3.05, 3.63) is 64.1 Å². The molecule has 0 spiro atoms. The van der Waals surface area contributed by atoms with Crippen molar-refractivity contribution in [3.8, 4) is 5.75 Å². The minimum atomic E-state index is -0.102. The first-order valence-corrected chi connectivity index (χ1v) is 7.22. The number of ether oxygens (including phenoxy) is 2. The maximum atomic E-state index is 5.91. The van der Waals surface area contributed by atoms with E-state index in [0.29, 0.717) is 13.2 Å². The predicted octanol–water partition coefficient (Wildman–Crippen LogP) is 3.67. The highest BCUT2D eigenvalue weighted by Crippen LogP contribution is 2.22. The third kappa shape index (κ3) is 4.07. The third-order valence-electron chi connectivity index (χ3n) is 3.04. The van der Waals surface area contributed by atoms with E-state index in [4.69, 9.17) is 15.2 Å². The molecule has 0 radical (unpaired) electrons. The molecule has 1 atom stereocenters. The molecule has 0 amide bonds. The van der Waals surface area contributed by atoms with Gasteiger partial charge in [0, 0.05) is 11.0 Å². The Bertz CT molecular complexity index is 542. The van der Waals surface area contributed by atoms with Crippen LogP contribution in [0.4, 0.5) is 0 Å². The average Bonchev–Trinajstić information content (AvgIpc) is 2.48. The van der Waals surface area contributed by atoms with Gasteiger partial charge in [0.05, 0.1) is 19.8 Å². The molecule has 2 rings (SSSR count). The largest absolute Gasteiger partial charge is 0.497 e. The quantitative estimate of drug-likeness (QED) is 0.875. The van der Waals surface area contributed by atoms with Gasteiger partial charge in [-0.3, -0.25) is 0 Å². The smallest absolute Gasteiger partial charge is 0.118 e. The van der Waals surface area contributed by atoms with Crippen LogP contribution in [0.15, 0.2) is 53.0 Å². The topological polar surface area (TPSA) is 44.5 Å². The molecule has 20 heavy (non-hydrogen) atoms. The molecule has 3 nitrogen and oxygen atoms in total. The Labute approximate surface area is 127 Å². The summed E-state index contributed by atoms with van der Waals surface area (Å²) in [5.41, 5.74) is 7.98. The lowest BCUT2D eigenvalue weighted by molar-refractivity contribution is 0.0456. The molecule has 0 bridgehead atoms. The first-order chi connectivity index (χ1) is 9.72. The molecule has 4 heteroatoms.